The van der Waals surface area contributed by atoms with Gasteiger partial charge in [-0.25, -0.2) is 0 Å². The monoisotopic (exact) mass is 328 g/mol. The van der Waals surface area contributed by atoms with Gasteiger partial charge in [-0.1, -0.05) is 0 Å². The van der Waals surface area contributed by atoms with E-state index in [-0.39, 0.29) is 12.0 Å². The molecule has 0 saturated carbocycles. The summed E-state index contributed by atoms with van der Waals surface area (Å²) in [6.07, 6.45) is 2.93. The summed E-state index contributed by atoms with van der Waals surface area (Å²) in [6.45, 7) is 3.66. The first kappa shape index (κ1) is 16.1. The van der Waals surface area contributed by atoms with Crippen LogP contribution in [0.5, 0.6) is 5.75 Å². The summed E-state index contributed by atoms with van der Waals surface area (Å²) in [5.74, 6) is -0.217. The van der Waals surface area contributed by atoms with E-state index in [1.807, 2.05) is 42.9 Å². The Kier molecular flexibility index (Phi) is 3.81. The van der Waals surface area contributed by atoms with Gasteiger partial charge in [0.2, 0.25) is 0 Å². The van der Waals surface area contributed by atoms with Crippen LogP contribution in [0.25, 0.3) is 0 Å². The van der Waals surface area contributed by atoms with Crippen molar-refractivity contribution < 1.29 is 14.6 Å². The van der Waals surface area contributed by atoms with Crippen molar-refractivity contribution in [3.05, 3.63) is 53.9 Å². The zero-order valence-corrected chi connectivity index (χ0v) is 13.5. The highest BCUT2D eigenvalue weighted by Gasteiger charge is 2.43. The summed E-state index contributed by atoms with van der Waals surface area (Å²) in [5, 5.41) is 10.8. The van der Waals surface area contributed by atoms with Gasteiger partial charge >= 0.3 is 0 Å². The predicted octanol–water partition coefficient (Wildman–Crippen LogP) is 1.02. The molecule has 2 atom stereocenters. The Morgan fingerprint density at radius 3 is 2.58 bits per heavy atom. The Balaban J connectivity index is 2.12. The van der Waals surface area contributed by atoms with Gasteiger partial charge in [-0.2, -0.15) is 4.99 Å². The Bertz CT molecular complexity index is 792. The second-order valence-electron chi connectivity index (χ2n) is 6.32. The highest BCUT2D eigenvalue weighted by Crippen LogP contribution is 2.42. The number of ether oxygens (including phenoxy) is 1. The number of carbonyl (C=O) groups excluding carboxylic acids is 1. The number of aliphatic hydroxyl groups excluding tert-OH is 1. The molecule has 0 fully saturated rings. The fourth-order valence-electron chi connectivity index (χ4n) is 2.94. The second-order valence-corrected chi connectivity index (χ2v) is 6.32. The van der Waals surface area contributed by atoms with Crippen molar-refractivity contribution in [2.45, 2.75) is 31.6 Å². The number of nitrogens with zero attached hydrogens (tertiary/aromatic N) is 2. The van der Waals surface area contributed by atoms with Gasteiger partial charge in [-0.3, -0.25) is 4.79 Å². The number of nitrogens with two attached hydrogens (primary N) is 2. The van der Waals surface area contributed by atoms with Gasteiger partial charge in [0, 0.05) is 23.5 Å². The van der Waals surface area contributed by atoms with Crippen molar-refractivity contribution in [2.24, 2.45) is 16.5 Å². The van der Waals surface area contributed by atoms with E-state index in [2.05, 4.69) is 4.99 Å². The molecule has 0 aliphatic carbocycles. The maximum Gasteiger partial charge on any atom is 0.280 e. The number of aliphatic imine (C=N–C) groups is 1. The molecule has 2 heterocycles. The lowest BCUT2D eigenvalue weighted by Gasteiger charge is -2.42. The summed E-state index contributed by atoms with van der Waals surface area (Å²) in [6, 6.07) is 8.34. The molecule has 1 aromatic carbocycles. The number of hydrogen-bond acceptors (Lipinski definition) is 3. The van der Waals surface area contributed by atoms with E-state index in [0.29, 0.717) is 16.9 Å². The number of hydrogen-bond donors (Lipinski definition) is 3. The molecular formula is C17H20N4O3. The number of aliphatic hydroxyl groups is 1. The number of rotatable bonds is 2. The highest BCUT2D eigenvalue weighted by atomic mass is 16.5. The molecule has 0 radical (unpaired) electrons. The van der Waals surface area contributed by atoms with Gasteiger partial charge in [0.1, 0.15) is 17.5 Å². The highest BCUT2D eigenvalue weighted by molar-refractivity contribution is 6.02. The average molecular weight is 328 g/mol. The quantitative estimate of drug-likeness (QED) is 0.562. The third-order valence-electron chi connectivity index (χ3n) is 4.14. The molecule has 0 bridgehead atoms. The zero-order chi connectivity index (χ0) is 17.5. The molecule has 1 amide bonds. The molecule has 5 N–H and O–H groups in total. The molecule has 2 aromatic rings. The van der Waals surface area contributed by atoms with Gasteiger partial charge in [-0.15, -0.1) is 0 Å². The predicted molar refractivity (Wildman–Crippen MR) is 89.9 cm³/mol. The minimum Gasteiger partial charge on any atom is -0.485 e. The molecule has 0 saturated heterocycles. The lowest BCUT2D eigenvalue weighted by atomic mass is 9.85. The maximum absolute atomic E-state index is 12.1. The molecule has 1 aliphatic heterocycles. The molecule has 7 heteroatoms. The summed E-state index contributed by atoms with van der Waals surface area (Å²) in [5.41, 5.74) is 10.8. The van der Waals surface area contributed by atoms with Crippen LogP contribution < -0.4 is 16.2 Å². The zero-order valence-electron chi connectivity index (χ0n) is 13.5. The van der Waals surface area contributed by atoms with E-state index in [1.165, 1.54) is 0 Å². The fraction of sp³-hybridized carbons (Fsp3) is 0.294. The van der Waals surface area contributed by atoms with Crippen molar-refractivity contribution in [2.75, 3.05) is 0 Å². The molecule has 1 aromatic heterocycles. The molecule has 1 aliphatic rings. The van der Waals surface area contributed by atoms with Crippen LogP contribution in [0.15, 0.2) is 47.7 Å². The van der Waals surface area contributed by atoms with Gasteiger partial charge in [0.15, 0.2) is 5.96 Å². The third-order valence-corrected chi connectivity index (χ3v) is 4.14. The van der Waals surface area contributed by atoms with Crippen LogP contribution in [0.3, 0.4) is 0 Å². The first-order valence-corrected chi connectivity index (χ1v) is 7.57. The Morgan fingerprint density at radius 2 is 1.96 bits per heavy atom. The Morgan fingerprint density at radius 1 is 1.29 bits per heavy atom. The summed E-state index contributed by atoms with van der Waals surface area (Å²) in [7, 11) is 0. The SMILES string of the molecule is CC1(C)Oc2ccc(C(=O)N=C(N)N)cc2[C@H](n2cccc2)[C@H]1O. The Labute approximate surface area is 139 Å². The van der Waals surface area contributed by atoms with Gasteiger partial charge in [0.05, 0.1) is 6.04 Å². The van der Waals surface area contributed by atoms with Gasteiger partial charge in [-0.05, 0) is 44.2 Å². The smallest absolute Gasteiger partial charge is 0.280 e. The number of guanidine groups is 1. The lowest BCUT2D eigenvalue weighted by Crippen LogP contribution is -2.50. The number of aromatic nitrogens is 1. The Hall–Kier alpha value is -2.80. The molecule has 0 spiro atoms. The molecular weight excluding hydrogens is 308 g/mol. The minimum absolute atomic E-state index is 0.294. The number of carbonyl (C=O) groups is 1. The topological polar surface area (TPSA) is 116 Å². The van der Waals surface area contributed by atoms with Gasteiger partial charge < -0.3 is 25.9 Å². The molecule has 126 valence electrons. The normalized spacial score (nSPS) is 21.5. The minimum atomic E-state index is -0.800. The van der Waals surface area contributed by atoms with Crippen molar-refractivity contribution >= 4 is 11.9 Å². The van der Waals surface area contributed by atoms with Crippen molar-refractivity contribution in [3.8, 4) is 5.75 Å². The average Bonchev–Trinajstić information content (AvgIpc) is 3.01. The summed E-state index contributed by atoms with van der Waals surface area (Å²) >= 11 is 0. The fourth-order valence-corrected chi connectivity index (χ4v) is 2.94. The van der Waals surface area contributed by atoms with Crippen LogP contribution >= 0.6 is 0 Å². The van der Waals surface area contributed by atoms with Crippen molar-refractivity contribution in [1.82, 2.24) is 4.57 Å². The molecule has 3 rings (SSSR count). The van der Waals surface area contributed by atoms with E-state index in [4.69, 9.17) is 16.2 Å². The van der Waals surface area contributed by atoms with Crippen molar-refractivity contribution in [1.29, 1.82) is 0 Å². The third kappa shape index (κ3) is 2.74. The lowest BCUT2D eigenvalue weighted by molar-refractivity contribution is -0.0636. The van der Waals surface area contributed by atoms with Crippen LogP contribution in [0.2, 0.25) is 0 Å². The summed E-state index contributed by atoms with van der Waals surface area (Å²) in [4.78, 5) is 15.6. The molecule has 0 unspecified atom stereocenters. The van der Waals surface area contributed by atoms with E-state index in [1.54, 1.807) is 18.2 Å². The molecule has 24 heavy (non-hydrogen) atoms. The number of benzene rings is 1. The largest absolute Gasteiger partial charge is 0.485 e. The van der Waals surface area contributed by atoms with Crippen LogP contribution in [0.1, 0.15) is 35.8 Å². The standard InChI is InChI=1S/C17H20N4O3/c1-17(2)14(22)13(21-7-3-4-8-21)11-9-10(5-6-12(11)24-17)15(23)20-16(18)19/h3-9,13-14,22H,1-2H3,(H4,18,19,20,23)/t13-,14+/m0/s1. The van der Waals surface area contributed by atoms with E-state index in [9.17, 15) is 9.90 Å². The van der Waals surface area contributed by atoms with Crippen molar-refractivity contribution in [3.63, 3.8) is 0 Å². The maximum atomic E-state index is 12.1. The number of amides is 1. The van der Waals surface area contributed by atoms with Crippen LogP contribution in [0, 0.1) is 0 Å². The first-order chi connectivity index (χ1) is 11.3. The van der Waals surface area contributed by atoms with E-state index in [0.717, 1.165) is 0 Å². The van der Waals surface area contributed by atoms with E-state index >= 15 is 0 Å². The van der Waals surface area contributed by atoms with E-state index < -0.39 is 17.6 Å². The van der Waals surface area contributed by atoms with Gasteiger partial charge in [0.25, 0.3) is 5.91 Å². The number of fused-ring (bicyclic) bond motifs is 1. The van der Waals surface area contributed by atoms with Crippen LogP contribution in [-0.2, 0) is 0 Å². The molecule has 7 nitrogen and oxygen atoms in total. The second kappa shape index (κ2) is 5.68. The summed E-state index contributed by atoms with van der Waals surface area (Å²) < 4.78 is 7.81. The van der Waals surface area contributed by atoms with Crippen LogP contribution in [0.4, 0.5) is 0 Å². The first-order valence-electron chi connectivity index (χ1n) is 7.57. The van der Waals surface area contributed by atoms with Crippen LogP contribution in [-0.4, -0.2) is 33.2 Å².